The van der Waals surface area contributed by atoms with Gasteiger partial charge in [0, 0.05) is 37.3 Å². The van der Waals surface area contributed by atoms with Crippen LogP contribution in [0.15, 0.2) is 47.5 Å². The largest absolute Gasteiger partial charge is 0.470 e. The Bertz CT molecular complexity index is 1390. The zero-order valence-corrected chi connectivity index (χ0v) is 17.8. The first-order chi connectivity index (χ1) is 15.7. The second-order valence-electron chi connectivity index (χ2n) is 7.58. The van der Waals surface area contributed by atoms with E-state index >= 15 is 0 Å². The van der Waals surface area contributed by atoms with Gasteiger partial charge in [-0.25, -0.2) is 9.97 Å². The number of imidazole rings is 2. The number of piperazine rings is 1. The molecule has 1 aliphatic rings. The van der Waals surface area contributed by atoms with Crippen molar-refractivity contribution in [3.05, 3.63) is 54.0 Å². The first-order valence-corrected chi connectivity index (χ1v) is 10.7. The Morgan fingerprint density at radius 3 is 2.88 bits per heavy atom. The van der Waals surface area contributed by atoms with Crippen LogP contribution in [0.2, 0.25) is 5.02 Å². The van der Waals surface area contributed by atoms with Crippen LogP contribution in [0.4, 0.5) is 11.8 Å². The highest BCUT2D eigenvalue weighted by molar-refractivity contribution is 6.31. The van der Waals surface area contributed by atoms with Crippen LogP contribution in [0, 0.1) is 0 Å². The molecule has 0 radical (unpaired) electrons. The van der Waals surface area contributed by atoms with E-state index < -0.39 is 0 Å². The zero-order chi connectivity index (χ0) is 21.5. The number of nitrogens with one attached hydrogen (secondary N) is 3. The van der Waals surface area contributed by atoms with Gasteiger partial charge in [0.05, 0.1) is 29.5 Å². The highest BCUT2D eigenvalue weighted by Crippen LogP contribution is 2.26. The molecular formula is C21H20ClN9O. The van der Waals surface area contributed by atoms with Gasteiger partial charge in [-0.15, -0.1) is 0 Å². The zero-order valence-electron chi connectivity index (χ0n) is 17.0. The minimum absolute atomic E-state index is 0.456. The Kier molecular flexibility index (Phi) is 4.66. The predicted molar refractivity (Wildman–Crippen MR) is 122 cm³/mol. The number of fused-ring (bicyclic) bond motifs is 2. The number of halogens is 1. The maximum atomic E-state index is 6.10. The fourth-order valence-electron chi connectivity index (χ4n) is 3.89. The fraction of sp³-hybridized carbons (Fsp3) is 0.238. The Morgan fingerprint density at radius 2 is 2.03 bits per heavy atom. The van der Waals surface area contributed by atoms with Gasteiger partial charge in [0.1, 0.15) is 18.4 Å². The summed E-state index contributed by atoms with van der Waals surface area (Å²) < 4.78 is 7.16. The molecule has 0 atom stereocenters. The predicted octanol–water partition coefficient (Wildman–Crippen LogP) is 2.96. The molecule has 0 saturated carbocycles. The average molecular weight is 450 g/mol. The number of rotatable bonds is 5. The number of H-pyrrole nitrogens is 1. The summed E-state index contributed by atoms with van der Waals surface area (Å²) in [4.78, 5) is 24.4. The molecule has 0 amide bonds. The number of hydrogen-bond donors (Lipinski definition) is 3. The first-order valence-electron chi connectivity index (χ1n) is 10.4. The van der Waals surface area contributed by atoms with Crippen molar-refractivity contribution in [1.29, 1.82) is 0 Å². The van der Waals surface area contributed by atoms with Gasteiger partial charge in [0.15, 0.2) is 17.0 Å². The summed E-state index contributed by atoms with van der Waals surface area (Å²) in [6.45, 7) is 3.93. The lowest BCUT2D eigenvalue weighted by Gasteiger charge is -2.27. The topological polar surface area (TPSA) is 113 Å². The van der Waals surface area contributed by atoms with E-state index in [2.05, 4.69) is 30.5 Å². The van der Waals surface area contributed by atoms with E-state index in [0.29, 0.717) is 34.5 Å². The number of furan rings is 1. The van der Waals surface area contributed by atoms with Crippen molar-refractivity contribution in [3.63, 3.8) is 0 Å². The molecule has 11 heteroatoms. The highest BCUT2D eigenvalue weighted by Gasteiger charge is 2.20. The first kappa shape index (κ1) is 19.1. The normalized spacial score (nSPS) is 14.5. The summed E-state index contributed by atoms with van der Waals surface area (Å²) in [6, 6.07) is 7.47. The third kappa shape index (κ3) is 3.43. The van der Waals surface area contributed by atoms with Gasteiger partial charge in [0.25, 0.3) is 0 Å². The van der Waals surface area contributed by atoms with Crippen molar-refractivity contribution in [2.75, 3.05) is 36.4 Å². The number of benzene rings is 1. The fourth-order valence-corrected chi connectivity index (χ4v) is 4.06. The Morgan fingerprint density at radius 1 is 1.12 bits per heavy atom. The van der Waals surface area contributed by atoms with Crippen LogP contribution in [0.25, 0.3) is 27.9 Å². The number of anilines is 2. The molecular weight excluding hydrogens is 430 g/mol. The molecule has 5 aromatic rings. The van der Waals surface area contributed by atoms with E-state index in [-0.39, 0.29) is 0 Å². The minimum Gasteiger partial charge on any atom is -0.470 e. The average Bonchev–Trinajstić information content (AvgIpc) is 3.56. The number of nitrogens with zero attached hydrogens (tertiary/aromatic N) is 6. The van der Waals surface area contributed by atoms with Gasteiger partial charge in [0.2, 0.25) is 5.95 Å². The number of aromatic amines is 1. The summed E-state index contributed by atoms with van der Waals surface area (Å²) in [5.74, 6) is 2.11. The van der Waals surface area contributed by atoms with Gasteiger partial charge in [-0.2, -0.15) is 9.97 Å². The molecule has 4 aromatic heterocycles. The molecule has 0 unspecified atom stereocenters. The van der Waals surface area contributed by atoms with E-state index in [0.717, 1.165) is 48.7 Å². The van der Waals surface area contributed by atoms with Crippen molar-refractivity contribution in [1.82, 2.24) is 34.8 Å². The van der Waals surface area contributed by atoms with Gasteiger partial charge >= 0.3 is 0 Å². The molecule has 6 rings (SSSR count). The monoisotopic (exact) mass is 449 g/mol. The van der Waals surface area contributed by atoms with Gasteiger partial charge in [-0.1, -0.05) is 11.6 Å². The van der Waals surface area contributed by atoms with Crippen LogP contribution in [0.5, 0.6) is 0 Å². The SMILES string of the molecule is Clc1ccc2nc(CNc3nc(N4CCNCC4)nc4c3ncn4-c3ccoc3)[nH]c2c1. The van der Waals surface area contributed by atoms with Crippen LogP contribution in [-0.2, 0) is 6.54 Å². The van der Waals surface area contributed by atoms with Crippen LogP contribution in [-0.4, -0.2) is 55.7 Å². The van der Waals surface area contributed by atoms with Crippen LogP contribution in [0.3, 0.4) is 0 Å². The van der Waals surface area contributed by atoms with Crippen molar-refractivity contribution in [2.45, 2.75) is 6.54 Å². The maximum absolute atomic E-state index is 6.10. The molecule has 1 saturated heterocycles. The highest BCUT2D eigenvalue weighted by atomic mass is 35.5. The Labute approximate surface area is 187 Å². The summed E-state index contributed by atoms with van der Waals surface area (Å²) in [6.07, 6.45) is 5.03. The molecule has 0 spiro atoms. The second kappa shape index (κ2) is 7.81. The van der Waals surface area contributed by atoms with Crippen molar-refractivity contribution in [3.8, 4) is 5.69 Å². The van der Waals surface area contributed by atoms with Crippen LogP contribution < -0.4 is 15.5 Å². The summed E-state index contributed by atoms with van der Waals surface area (Å²) in [5.41, 5.74) is 4.02. The summed E-state index contributed by atoms with van der Waals surface area (Å²) in [7, 11) is 0. The minimum atomic E-state index is 0.456. The van der Waals surface area contributed by atoms with Gasteiger partial charge in [-0.05, 0) is 18.2 Å². The Balaban J connectivity index is 1.38. The third-order valence-corrected chi connectivity index (χ3v) is 5.72. The second-order valence-corrected chi connectivity index (χ2v) is 8.01. The molecule has 0 aliphatic carbocycles. The van der Waals surface area contributed by atoms with E-state index in [4.69, 9.17) is 26.0 Å². The van der Waals surface area contributed by atoms with E-state index in [1.54, 1.807) is 18.9 Å². The number of hydrogen-bond acceptors (Lipinski definition) is 8. The standard InChI is InChI=1S/C21H20ClN9O/c22-13-1-2-15-16(9-13)27-17(26-15)10-24-19-18-20(31(12-25-18)14-3-8-32-11-14)29-21(28-19)30-6-4-23-5-7-30/h1-3,8-9,11-12,23H,4-7,10H2,(H,26,27)(H,24,28,29). The molecule has 5 heterocycles. The van der Waals surface area contributed by atoms with Crippen molar-refractivity contribution < 1.29 is 4.42 Å². The van der Waals surface area contributed by atoms with Crippen molar-refractivity contribution in [2.24, 2.45) is 0 Å². The van der Waals surface area contributed by atoms with Crippen LogP contribution in [0.1, 0.15) is 5.82 Å². The smallest absolute Gasteiger partial charge is 0.229 e. The third-order valence-electron chi connectivity index (χ3n) is 5.48. The van der Waals surface area contributed by atoms with Gasteiger partial charge < -0.3 is 24.9 Å². The molecule has 1 aliphatic heterocycles. The molecule has 162 valence electrons. The molecule has 0 bridgehead atoms. The number of aromatic nitrogens is 6. The Hall–Kier alpha value is -3.63. The van der Waals surface area contributed by atoms with E-state index in [1.807, 2.05) is 28.8 Å². The van der Waals surface area contributed by atoms with Gasteiger partial charge in [-0.3, -0.25) is 4.57 Å². The molecule has 3 N–H and O–H groups in total. The lowest BCUT2D eigenvalue weighted by atomic mass is 10.3. The lowest BCUT2D eigenvalue weighted by molar-refractivity contribution is 0.565. The van der Waals surface area contributed by atoms with Crippen molar-refractivity contribution >= 4 is 45.6 Å². The molecule has 1 fully saturated rings. The lowest BCUT2D eigenvalue weighted by Crippen LogP contribution is -2.44. The molecule has 32 heavy (non-hydrogen) atoms. The quantitative estimate of drug-likeness (QED) is 0.375. The van der Waals surface area contributed by atoms with E-state index in [9.17, 15) is 0 Å². The molecule has 10 nitrogen and oxygen atoms in total. The van der Waals surface area contributed by atoms with E-state index in [1.165, 1.54) is 0 Å². The molecule has 1 aromatic carbocycles. The summed E-state index contributed by atoms with van der Waals surface area (Å²) in [5, 5.41) is 7.43. The summed E-state index contributed by atoms with van der Waals surface area (Å²) >= 11 is 6.10. The van der Waals surface area contributed by atoms with Crippen LogP contribution >= 0.6 is 11.6 Å². The maximum Gasteiger partial charge on any atom is 0.229 e.